The van der Waals surface area contributed by atoms with E-state index in [1.54, 1.807) is 17.0 Å². The fourth-order valence-electron chi connectivity index (χ4n) is 3.21. The van der Waals surface area contributed by atoms with Gasteiger partial charge in [-0.05, 0) is 18.6 Å². The van der Waals surface area contributed by atoms with Crippen molar-refractivity contribution < 1.29 is 14.3 Å². The fourth-order valence-corrected chi connectivity index (χ4v) is 3.21. The number of carbonyl (C=O) groups is 2. The molecule has 2 aliphatic rings. The molecule has 0 aliphatic carbocycles. The van der Waals surface area contributed by atoms with Gasteiger partial charge in [0.1, 0.15) is 12.9 Å². The maximum absolute atomic E-state index is 12.8. The van der Waals surface area contributed by atoms with Crippen molar-refractivity contribution in [1.29, 1.82) is 0 Å². The van der Waals surface area contributed by atoms with E-state index in [1.165, 1.54) is 6.33 Å². The minimum absolute atomic E-state index is 0.00715. The molecule has 0 spiro atoms. The average Bonchev–Trinajstić information content (AvgIpc) is 3.15. The molecule has 2 saturated heterocycles. The molecule has 2 atom stereocenters. The third-order valence-electron chi connectivity index (χ3n) is 4.41. The molecule has 0 saturated carbocycles. The van der Waals surface area contributed by atoms with Crippen molar-refractivity contribution in [1.82, 2.24) is 25.4 Å². The lowest BCUT2D eigenvalue weighted by Gasteiger charge is -2.41. The largest absolute Gasteiger partial charge is 0.366 e. The maximum atomic E-state index is 12.8. The third-order valence-corrected chi connectivity index (χ3v) is 4.41. The highest BCUT2D eigenvalue weighted by Gasteiger charge is 2.36. The number of hydrogen-bond acceptors (Lipinski definition) is 5. The second-order valence-corrected chi connectivity index (χ2v) is 5.98. The number of likely N-dealkylation sites (tertiary alicyclic amines) is 1. The van der Waals surface area contributed by atoms with E-state index >= 15 is 0 Å². The number of benzene rings is 1. The van der Waals surface area contributed by atoms with Crippen LogP contribution in [0, 0.1) is 0 Å². The number of hydrogen-bond donors (Lipinski definition) is 2. The summed E-state index contributed by atoms with van der Waals surface area (Å²) in [5, 5.41) is 9.53. The van der Waals surface area contributed by atoms with E-state index in [4.69, 9.17) is 4.74 Å². The van der Waals surface area contributed by atoms with Crippen LogP contribution in [0.3, 0.4) is 0 Å². The van der Waals surface area contributed by atoms with Gasteiger partial charge >= 0.3 is 0 Å². The summed E-state index contributed by atoms with van der Waals surface area (Å²) in [7, 11) is 0. The highest BCUT2D eigenvalue weighted by molar-refractivity contribution is 5.95. The van der Waals surface area contributed by atoms with Crippen molar-refractivity contribution in [2.75, 3.05) is 19.7 Å². The first-order valence-electron chi connectivity index (χ1n) is 7.87. The first-order chi connectivity index (χ1) is 11.7. The second kappa shape index (κ2) is 6.04. The summed E-state index contributed by atoms with van der Waals surface area (Å²) in [6, 6.07) is 7.14. The highest BCUT2D eigenvalue weighted by Crippen LogP contribution is 2.21. The Hall–Kier alpha value is -2.74. The number of nitrogens with one attached hydrogen (secondary N) is 2. The number of piperidine rings is 1. The van der Waals surface area contributed by atoms with Gasteiger partial charge in [-0.2, -0.15) is 5.10 Å². The third kappa shape index (κ3) is 2.76. The highest BCUT2D eigenvalue weighted by atomic mass is 16.5. The average molecular weight is 327 g/mol. The van der Waals surface area contributed by atoms with Gasteiger partial charge in [-0.25, -0.2) is 4.98 Å². The number of morpholine rings is 1. The van der Waals surface area contributed by atoms with E-state index in [-0.39, 0.29) is 30.6 Å². The SMILES string of the molecule is O=C1CO[C@H]2CCN(C(=O)c3cccc(-c4ncn[nH]4)c3)C[C@H]2N1. The van der Waals surface area contributed by atoms with Gasteiger partial charge in [0.25, 0.3) is 5.91 Å². The molecule has 0 bridgehead atoms. The topological polar surface area (TPSA) is 100 Å². The molecule has 2 fully saturated rings. The van der Waals surface area contributed by atoms with Gasteiger partial charge in [-0.1, -0.05) is 12.1 Å². The lowest BCUT2D eigenvalue weighted by Crippen LogP contribution is -2.61. The van der Waals surface area contributed by atoms with Gasteiger partial charge in [0.2, 0.25) is 5.91 Å². The van der Waals surface area contributed by atoms with Crippen LogP contribution in [0.5, 0.6) is 0 Å². The number of rotatable bonds is 2. The van der Waals surface area contributed by atoms with Crippen LogP contribution in [0.15, 0.2) is 30.6 Å². The molecular weight excluding hydrogens is 310 g/mol. The number of aromatic amines is 1. The van der Waals surface area contributed by atoms with Crippen LogP contribution in [-0.2, 0) is 9.53 Å². The zero-order valence-corrected chi connectivity index (χ0v) is 12.9. The molecule has 2 aliphatic heterocycles. The minimum atomic E-state index is -0.138. The molecule has 24 heavy (non-hydrogen) atoms. The maximum Gasteiger partial charge on any atom is 0.253 e. The number of carbonyl (C=O) groups excluding carboxylic acids is 2. The number of amides is 2. The summed E-state index contributed by atoms with van der Waals surface area (Å²) in [4.78, 5) is 30.2. The molecule has 8 heteroatoms. The molecule has 2 N–H and O–H groups in total. The Bertz CT molecular complexity index is 761. The van der Waals surface area contributed by atoms with Crippen molar-refractivity contribution in [3.63, 3.8) is 0 Å². The normalized spacial score (nSPS) is 23.5. The molecule has 2 aromatic rings. The van der Waals surface area contributed by atoms with E-state index in [9.17, 15) is 9.59 Å². The fraction of sp³-hybridized carbons (Fsp3) is 0.375. The quantitative estimate of drug-likeness (QED) is 0.821. The van der Waals surface area contributed by atoms with E-state index in [0.717, 1.165) is 12.0 Å². The zero-order chi connectivity index (χ0) is 16.5. The second-order valence-electron chi connectivity index (χ2n) is 5.98. The Morgan fingerprint density at radius 1 is 1.38 bits per heavy atom. The molecule has 2 amide bonds. The Morgan fingerprint density at radius 2 is 2.29 bits per heavy atom. The van der Waals surface area contributed by atoms with Crippen LogP contribution < -0.4 is 5.32 Å². The molecule has 1 aromatic heterocycles. The van der Waals surface area contributed by atoms with Gasteiger partial charge in [-0.15, -0.1) is 0 Å². The number of fused-ring (bicyclic) bond motifs is 1. The predicted octanol–water partition coefficient (Wildman–Crippen LogP) is 0.201. The van der Waals surface area contributed by atoms with Gasteiger partial charge in [0.05, 0.1) is 12.1 Å². The van der Waals surface area contributed by atoms with Gasteiger partial charge < -0.3 is 15.0 Å². The Balaban J connectivity index is 1.52. The van der Waals surface area contributed by atoms with Crippen LogP contribution in [0.2, 0.25) is 0 Å². The van der Waals surface area contributed by atoms with Crippen molar-refractivity contribution in [2.45, 2.75) is 18.6 Å². The lowest BCUT2D eigenvalue weighted by molar-refractivity contribution is -0.139. The predicted molar refractivity (Wildman–Crippen MR) is 84.0 cm³/mol. The van der Waals surface area contributed by atoms with Crippen LogP contribution in [-0.4, -0.2) is 63.7 Å². The molecule has 4 rings (SSSR count). The van der Waals surface area contributed by atoms with E-state index in [2.05, 4.69) is 20.5 Å². The molecule has 1 aromatic carbocycles. The summed E-state index contributed by atoms with van der Waals surface area (Å²) in [5.74, 6) is 0.434. The summed E-state index contributed by atoms with van der Waals surface area (Å²) < 4.78 is 5.53. The first kappa shape index (κ1) is 14.8. The summed E-state index contributed by atoms with van der Waals surface area (Å²) in [5.41, 5.74) is 1.40. The number of aromatic nitrogens is 3. The van der Waals surface area contributed by atoms with Crippen molar-refractivity contribution in [3.8, 4) is 11.4 Å². The molecule has 0 unspecified atom stereocenters. The van der Waals surface area contributed by atoms with Crippen LogP contribution in [0.4, 0.5) is 0 Å². The minimum Gasteiger partial charge on any atom is -0.366 e. The first-order valence-corrected chi connectivity index (χ1v) is 7.87. The van der Waals surface area contributed by atoms with Crippen molar-refractivity contribution >= 4 is 11.8 Å². The van der Waals surface area contributed by atoms with Gasteiger partial charge in [0.15, 0.2) is 5.82 Å². The monoisotopic (exact) mass is 327 g/mol. The summed E-state index contributed by atoms with van der Waals surface area (Å²) >= 11 is 0. The van der Waals surface area contributed by atoms with Gasteiger partial charge in [-0.3, -0.25) is 14.7 Å². The van der Waals surface area contributed by atoms with Crippen molar-refractivity contribution in [2.24, 2.45) is 0 Å². The number of ether oxygens (including phenoxy) is 1. The Morgan fingerprint density at radius 3 is 3.12 bits per heavy atom. The zero-order valence-electron chi connectivity index (χ0n) is 12.9. The summed E-state index contributed by atoms with van der Waals surface area (Å²) in [6.07, 6.45) is 2.14. The van der Waals surface area contributed by atoms with Crippen molar-refractivity contribution in [3.05, 3.63) is 36.2 Å². The molecule has 124 valence electrons. The van der Waals surface area contributed by atoms with Crippen LogP contribution >= 0.6 is 0 Å². The van der Waals surface area contributed by atoms with E-state index in [0.29, 0.717) is 24.5 Å². The smallest absolute Gasteiger partial charge is 0.253 e. The Kier molecular flexibility index (Phi) is 3.73. The Labute approximate surface area is 138 Å². The molecule has 8 nitrogen and oxygen atoms in total. The summed E-state index contributed by atoms with van der Waals surface area (Å²) in [6.45, 7) is 1.18. The van der Waals surface area contributed by atoms with Crippen LogP contribution in [0.1, 0.15) is 16.8 Å². The molecule has 0 radical (unpaired) electrons. The number of H-pyrrole nitrogens is 1. The molecule has 3 heterocycles. The van der Waals surface area contributed by atoms with E-state index < -0.39 is 0 Å². The molecular formula is C16H17N5O3. The van der Waals surface area contributed by atoms with Gasteiger partial charge in [0, 0.05) is 24.2 Å². The standard InChI is InChI=1S/C16H17N5O3/c22-14-8-24-13-4-5-21(7-12(13)19-14)16(23)11-3-1-2-10(6-11)15-17-9-18-20-15/h1-3,6,9,12-13H,4-5,7-8H2,(H,19,22)(H,17,18,20)/t12-,13+/m1/s1. The lowest BCUT2D eigenvalue weighted by atomic mass is 9.99. The van der Waals surface area contributed by atoms with Crippen LogP contribution in [0.25, 0.3) is 11.4 Å². The number of nitrogens with zero attached hydrogens (tertiary/aromatic N) is 3. The van der Waals surface area contributed by atoms with E-state index in [1.807, 2.05) is 12.1 Å².